The number of hydrogen-bond donors (Lipinski definition) is 1. The van der Waals surface area contributed by atoms with Gasteiger partial charge in [0, 0.05) is 45.7 Å². The number of nitrogens with zero attached hydrogens (tertiary/aromatic N) is 3. The van der Waals surface area contributed by atoms with E-state index in [0.29, 0.717) is 32.7 Å². The largest absolute Gasteiger partial charge is 0.573 e. The monoisotopic (exact) mass is 560 g/mol. The molecule has 2 aromatic carbocycles. The summed E-state index contributed by atoms with van der Waals surface area (Å²) in [6, 6.07) is 15.6. The lowest BCUT2D eigenvalue weighted by molar-refractivity contribution is -0.274. The molecule has 4 rings (SSSR count). The molecule has 2 atom stereocenters. The Labute approximate surface area is 234 Å². The van der Waals surface area contributed by atoms with Crippen LogP contribution in [0.1, 0.15) is 57.7 Å². The van der Waals surface area contributed by atoms with Crippen molar-refractivity contribution in [2.75, 3.05) is 32.7 Å². The van der Waals surface area contributed by atoms with Gasteiger partial charge in [0.25, 0.3) is 0 Å². The fourth-order valence-electron chi connectivity index (χ4n) is 5.72. The van der Waals surface area contributed by atoms with E-state index < -0.39 is 6.36 Å². The number of carbonyl (C=O) groups is 2. The molecule has 0 radical (unpaired) electrons. The molecule has 40 heavy (non-hydrogen) atoms. The average Bonchev–Trinajstić information content (AvgIpc) is 2.89. The number of halogens is 3. The van der Waals surface area contributed by atoms with Crippen molar-refractivity contribution in [3.05, 3.63) is 65.7 Å². The average molecular weight is 561 g/mol. The quantitative estimate of drug-likeness (QED) is 0.530. The molecule has 1 N–H and O–H groups in total. The van der Waals surface area contributed by atoms with E-state index in [1.165, 1.54) is 12.1 Å². The molecule has 7 nitrogen and oxygen atoms in total. The number of amides is 3. The highest BCUT2D eigenvalue weighted by molar-refractivity contribution is 5.75. The van der Waals surface area contributed by atoms with Gasteiger partial charge in [-0.1, -0.05) is 63.2 Å². The van der Waals surface area contributed by atoms with Crippen LogP contribution in [0.25, 0.3) is 0 Å². The van der Waals surface area contributed by atoms with E-state index in [1.54, 1.807) is 19.1 Å². The van der Waals surface area contributed by atoms with Crippen LogP contribution in [0.15, 0.2) is 54.6 Å². The number of urea groups is 1. The first kappa shape index (κ1) is 29.7. The molecule has 3 amide bonds. The van der Waals surface area contributed by atoms with Crippen molar-refractivity contribution in [3.8, 4) is 5.75 Å². The van der Waals surface area contributed by atoms with Gasteiger partial charge < -0.3 is 19.9 Å². The van der Waals surface area contributed by atoms with Crippen molar-refractivity contribution >= 4 is 11.9 Å². The van der Waals surface area contributed by atoms with Crippen LogP contribution in [0.5, 0.6) is 5.75 Å². The third-order valence-corrected chi connectivity index (χ3v) is 7.85. The Balaban J connectivity index is 1.53. The minimum atomic E-state index is -4.75. The summed E-state index contributed by atoms with van der Waals surface area (Å²) >= 11 is 0. The predicted molar refractivity (Wildman–Crippen MR) is 147 cm³/mol. The van der Waals surface area contributed by atoms with Crippen molar-refractivity contribution in [2.24, 2.45) is 5.41 Å². The zero-order valence-corrected chi connectivity index (χ0v) is 23.6. The van der Waals surface area contributed by atoms with Crippen molar-refractivity contribution in [1.29, 1.82) is 0 Å². The Morgan fingerprint density at radius 1 is 0.900 bits per heavy atom. The maximum absolute atomic E-state index is 13.5. The summed E-state index contributed by atoms with van der Waals surface area (Å²) in [5.74, 6) is -0.199. The first-order valence-corrected chi connectivity index (χ1v) is 13.8. The van der Waals surface area contributed by atoms with E-state index in [1.807, 2.05) is 40.1 Å². The number of hydrogen-bond acceptors (Lipinski definition) is 4. The second-order valence-electron chi connectivity index (χ2n) is 11.7. The highest BCUT2D eigenvalue weighted by atomic mass is 19.4. The Morgan fingerprint density at radius 3 is 2.05 bits per heavy atom. The van der Waals surface area contributed by atoms with E-state index in [9.17, 15) is 22.8 Å². The molecule has 0 saturated carbocycles. The van der Waals surface area contributed by atoms with Gasteiger partial charge in [-0.15, -0.1) is 13.2 Å². The number of alkyl halides is 3. The Hall–Kier alpha value is -3.27. The molecule has 0 spiro atoms. The van der Waals surface area contributed by atoms with Gasteiger partial charge in [-0.25, -0.2) is 4.79 Å². The van der Waals surface area contributed by atoms with Gasteiger partial charge in [0.2, 0.25) is 5.91 Å². The molecule has 0 bridgehead atoms. The Kier molecular flexibility index (Phi) is 8.97. The minimum Gasteiger partial charge on any atom is -0.406 e. The lowest BCUT2D eigenvalue weighted by atomic mass is 9.83. The zero-order chi connectivity index (χ0) is 29.1. The minimum absolute atomic E-state index is 0.0243. The molecule has 2 saturated heterocycles. The molecule has 0 aromatic heterocycles. The van der Waals surface area contributed by atoms with Crippen molar-refractivity contribution in [1.82, 2.24) is 20.0 Å². The van der Waals surface area contributed by atoms with Gasteiger partial charge in [0.15, 0.2) is 0 Å². The van der Waals surface area contributed by atoms with Crippen LogP contribution in [-0.4, -0.2) is 77.8 Å². The number of benzene rings is 2. The van der Waals surface area contributed by atoms with Gasteiger partial charge in [-0.3, -0.25) is 9.69 Å². The third kappa shape index (κ3) is 7.47. The van der Waals surface area contributed by atoms with Gasteiger partial charge >= 0.3 is 12.4 Å². The lowest BCUT2D eigenvalue weighted by Gasteiger charge is -2.49. The van der Waals surface area contributed by atoms with Gasteiger partial charge in [0.05, 0.1) is 12.1 Å². The third-order valence-electron chi connectivity index (χ3n) is 7.85. The zero-order valence-electron chi connectivity index (χ0n) is 23.6. The molecule has 2 aromatic rings. The molecule has 2 aliphatic rings. The van der Waals surface area contributed by atoms with Gasteiger partial charge in [-0.05, 0) is 41.5 Å². The van der Waals surface area contributed by atoms with Crippen LogP contribution >= 0.6 is 0 Å². The predicted octanol–water partition coefficient (Wildman–Crippen LogP) is 5.43. The summed E-state index contributed by atoms with van der Waals surface area (Å²) in [5, 5.41) is 3.21. The summed E-state index contributed by atoms with van der Waals surface area (Å²) in [6.07, 6.45) is -3.28. The molecule has 2 heterocycles. The normalized spacial score (nSPS) is 20.2. The highest BCUT2D eigenvalue weighted by Crippen LogP contribution is 2.36. The maximum atomic E-state index is 13.5. The highest BCUT2D eigenvalue weighted by Gasteiger charge is 2.41. The molecular formula is C30H39F3N4O3. The summed E-state index contributed by atoms with van der Waals surface area (Å²) < 4.78 is 42.3. The molecule has 218 valence electrons. The lowest BCUT2D eigenvalue weighted by Crippen LogP contribution is -2.63. The molecule has 10 heteroatoms. The number of ether oxygens (including phenoxy) is 1. The van der Waals surface area contributed by atoms with E-state index >= 15 is 0 Å². The summed E-state index contributed by atoms with van der Waals surface area (Å²) in [6.45, 7) is 10.9. The Morgan fingerprint density at radius 2 is 1.50 bits per heavy atom. The first-order valence-electron chi connectivity index (χ1n) is 13.8. The SMILES string of the molecule is CC(=O)N1CCC(NC(=O)N2CCN(C(c3ccccc3)c3ccc(OC(F)(F)F)cc3)CC2C(C)(C)C)CC1. The molecule has 0 aliphatic carbocycles. The van der Waals surface area contributed by atoms with Crippen LogP contribution in [-0.2, 0) is 4.79 Å². The van der Waals surface area contributed by atoms with Crippen molar-refractivity contribution in [2.45, 2.75) is 65.0 Å². The molecule has 2 fully saturated rings. The maximum Gasteiger partial charge on any atom is 0.573 e. The summed E-state index contributed by atoms with van der Waals surface area (Å²) in [7, 11) is 0. The standard InChI is InChI=1S/C30H39F3N4O3/c1-21(38)35-16-14-24(15-17-35)34-28(39)37-19-18-36(20-26(37)29(2,3)4)27(22-8-6-5-7-9-22)23-10-12-25(13-11-23)40-30(31,32)33/h5-13,24,26-27H,14-20H2,1-4H3,(H,34,39). The van der Waals surface area contributed by atoms with Gasteiger partial charge in [-0.2, -0.15) is 0 Å². The van der Waals surface area contributed by atoms with E-state index in [2.05, 4.69) is 35.7 Å². The fourth-order valence-corrected chi connectivity index (χ4v) is 5.72. The smallest absolute Gasteiger partial charge is 0.406 e. The van der Waals surface area contributed by atoms with E-state index in [-0.39, 0.29) is 41.2 Å². The topological polar surface area (TPSA) is 65.1 Å². The number of carbonyl (C=O) groups excluding carboxylic acids is 2. The first-order chi connectivity index (χ1) is 18.8. The second-order valence-corrected chi connectivity index (χ2v) is 11.7. The molecule has 2 unspecified atom stereocenters. The van der Waals surface area contributed by atoms with E-state index in [0.717, 1.165) is 24.0 Å². The Bertz CT molecular complexity index is 1140. The van der Waals surface area contributed by atoms with Gasteiger partial charge in [0.1, 0.15) is 5.75 Å². The number of piperidine rings is 1. The number of likely N-dealkylation sites (tertiary alicyclic amines) is 1. The van der Waals surface area contributed by atoms with Crippen LogP contribution in [0.4, 0.5) is 18.0 Å². The number of piperazine rings is 1. The number of nitrogens with one attached hydrogen (secondary N) is 1. The van der Waals surface area contributed by atoms with Crippen LogP contribution < -0.4 is 10.1 Å². The summed E-state index contributed by atoms with van der Waals surface area (Å²) in [5.41, 5.74) is 1.65. The second kappa shape index (κ2) is 12.1. The fraction of sp³-hybridized carbons (Fsp3) is 0.533. The summed E-state index contributed by atoms with van der Waals surface area (Å²) in [4.78, 5) is 31.2. The number of rotatable bonds is 5. The molecule has 2 aliphatic heterocycles. The van der Waals surface area contributed by atoms with Crippen LogP contribution in [0.2, 0.25) is 0 Å². The van der Waals surface area contributed by atoms with Crippen LogP contribution in [0, 0.1) is 5.41 Å². The van der Waals surface area contributed by atoms with Crippen molar-refractivity contribution < 1.29 is 27.5 Å². The van der Waals surface area contributed by atoms with Crippen molar-refractivity contribution in [3.63, 3.8) is 0 Å². The molecular weight excluding hydrogens is 521 g/mol. The van der Waals surface area contributed by atoms with E-state index in [4.69, 9.17) is 0 Å². The van der Waals surface area contributed by atoms with Crippen LogP contribution in [0.3, 0.4) is 0 Å².